The molecule has 7 heteroatoms. The van der Waals surface area contributed by atoms with Gasteiger partial charge in [0.1, 0.15) is 11.4 Å². The molecule has 3 aliphatic rings. The Morgan fingerprint density at radius 2 is 2.12 bits per heavy atom. The van der Waals surface area contributed by atoms with Crippen molar-refractivity contribution in [3.8, 4) is 0 Å². The highest BCUT2D eigenvalue weighted by atomic mass is 19.1. The fourth-order valence-electron chi connectivity index (χ4n) is 5.45. The van der Waals surface area contributed by atoms with Crippen LogP contribution in [0.4, 0.5) is 10.1 Å². The van der Waals surface area contributed by atoms with Gasteiger partial charge in [0, 0.05) is 29.3 Å². The summed E-state index contributed by atoms with van der Waals surface area (Å²) < 4.78 is 19.7. The first-order valence-corrected chi connectivity index (χ1v) is 10.8. The zero-order valence-corrected chi connectivity index (χ0v) is 17.3. The summed E-state index contributed by atoms with van der Waals surface area (Å²) >= 11 is 0. The number of hydrogen-bond donors (Lipinski definition) is 2. The van der Waals surface area contributed by atoms with E-state index in [0.29, 0.717) is 25.2 Å². The highest BCUT2D eigenvalue weighted by molar-refractivity contribution is 5.99. The van der Waals surface area contributed by atoms with E-state index >= 15 is 0 Å². The van der Waals surface area contributed by atoms with Crippen molar-refractivity contribution in [2.45, 2.75) is 18.1 Å². The maximum Gasteiger partial charge on any atom is 0.231 e. The number of likely N-dealkylation sites (tertiary alicyclic amines) is 1. The predicted octanol–water partition coefficient (Wildman–Crippen LogP) is 3.27. The van der Waals surface area contributed by atoms with E-state index in [2.05, 4.69) is 16.4 Å². The monoisotopic (exact) mass is 431 g/mol. The van der Waals surface area contributed by atoms with Gasteiger partial charge in [-0.2, -0.15) is 0 Å². The number of H-pyrrole nitrogens is 1. The van der Waals surface area contributed by atoms with Crippen LogP contribution in [0.3, 0.4) is 0 Å². The van der Waals surface area contributed by atoms with Crippen LogP contribution in [0.5, 0.6) is 0 Å². The van der Waals surface area contributed by atoms with Crippen molar-refractivity contribution in [1.82, 2.24) is 9.88 Å². The lowest BCUT2D eigenvalue weighted by Crippen LogP contribution is -2.41. The number of nitrogens with one attached hydrogen (secondary N) is 2. The van der Waals surface area contributed by atoms with Gasteiger partial charge in [-0.25, -0.2) is 4.39 Å². The number of carbonyl (C=O) groups is 2. The molecular weight excluding hydrogens is 409 g/mol. The summed E-state index contributed by atoms with van der Waals surface area (Å²) in [5.41, 5.74) is 1.84. The lowest BCUT2D eigenvalue weighted by Gasteiger charge is -2.23. The number of nitrogens with zero attached hydrogens (tertiary/aromatic N) is 1. The van der Waals surface area contributed by atoms with Gasteiger partial charge in [-0.3, -0.25) is 9.59 Å². The number of hydrogen-bond acceptors (Lipinski definition) is 3. The van der Waals surface area contributed by atoms with Gasteiger partial charge < -0.3 is 19.9 Å². The molecule has 3 aliphatic heterocycles. The van der Waals surface area contributed by atoms with Crippen molar-refractivity contribution in [2.75, 3.05) is 18.4 Å². The molecule has 32 heavy (non-hydrogen) atoms. The number of aromatic nitrogens is 1. The molecule has 4 heterocycles. The van der Waals surface area contributed by atoms with E-state index in [0.717, 1.165) is 16.5 Å². The molecule has 2 N–H and O–H groups in total. The van der Waals surface area contributed by atoms with Crippen molar-refractivity contribution < 1.29 is 18.7 Å². The van der Waals surface area contributed by atoms with Crippen molar-refractivity contribution in [1.29, 1.82) is 0 Å². The van der Waals surface area contributed by atoms with Gasteiger partial charge in [0.25, 0.3) is 0 Å². The zero-order chi connectivity index (χ0) is 21.9. The number of anilines is 1. The Bertz CT molecular complexity index is 1270. The van der Waals surface area contributed by atoms with Gasteiger partial charge in [0.15, 0.2) is 0 Å². The smallest absolute Gasteiger partial charge is 0.231 e. The molecule has 0 saturated carbocycles. The molecular formula is C25H22FN3O3. The average Bonchev–Trinajstić information content (AvgIpc) is 3.52. The first-order chi connectivity index (χ1) is 15.5. The second-order valence-corrected chi connectivity index (χ2v) is 8.77. The van der Waals surface area contributed by atoms with Gasteiger partial charge in [-0.15, -0.1) is 0 Å². The molecule has 0 aliphatic carbocycles. The Hall–Kier alpha value is -3.45. The van der Waals surface area contributed by atoms with Crippen molar-refractivity contribution in [3.05, 3.63) is 78.3 Å². The fourth-order valence-corrected chi connectivity index (χ4v) is 5.45. The Balaban J connectivity index is 1.20. The van der Waals surface area contributed by atoms with E-state index in [-0.39, 0.29) is 11.8 Å². The quantitative estimate of drug-likeness (QED) is 0.609. The van der Waals surface area contributed by atoms with Crippen LogP contribution in [0.15, 0.2) is 66.9 Å². The Morgan fingerprint density at radius 3 is 3.00 bits per heavy atom. The molecule has 1 aromatic heterocycles. The average molecular weight is 431 g/mol. The number of fused-ring (bicyclic) bond motifs is 2. The Labute approximate surface area is 184 Å². The van der Waals surface area contributed by atoms with Crippen LogP contribution in [-0.4, -0.2) is 46.5 Å². The van der Waals surface area contributed by atoms with Crippen molar-refractivity contribution >= 4 is 28.4 Å². The van der Waals surface area contributed by atoms with Gasteiger partial charge >= 0.3 is 0 Å². The molecule has 2 fully saturated rings. The molecule has 2 saturated heterocycles. The molecule has 6 rings (SSSR count). The number of carbonyl (C=O) groups excluding carboxylic acids is 2. The van der Waals surface area contributed by atoms with Gasteiger partial charge in [-0.05, 0) is 36.2 Å². The SMILES string of the molecule is O=C(Nc1cccc(F)c1)C1[C@@H]2C=C[C@@]3(CN(CCc4c[nH]c5ccccc45)C(=O)[C@@H]13)O2. The third-order valence-corrected chi connectivity index (χ3v) is 6.90. The number of aromatic amines is 1. The molecule has 2 bridgehead atoms. The van der Waals surface area contributed by atoms with Crippen LogP contribution in [-0.2, 0) is 20.7 Å². The van der Waals surface area contributed by atoms with Gasteiger partial charge in [0.2, 0.25) is 11.8 Å². The number of amides is 2. The fraction of sp³-hybridized carbons (Fsp3) is 0.280. The van der Waals surface area contributed by atoms with E-state index in [9.17, 15) is 14.0 Å². The highest BCUT2D eigenvalue weighted by Crippen LogP contribution is 2.52. The molecule has 2 amide bonds. The zero-order valence-electron chi connectivity index (χ0n) is 17.3. The van der Waals surface area contributed by atoms with E-state index in [4.69, 9.17) is 4.74 Å². The lowest BCUT2D eigenvalue weighted by atomic mass is 9.77. The minimum atomic E-state index is -0.758. The number of rotatable bonds is 5. The molecule has 1 spiro atoms. The van der Waals surface area contributed by atoms with Gasteiger partial charge in [-0.1, -0.05) is 36.4 Å². The molecule has 0 radical (unpaired) electrons. The summed E-state index contributed by atoms with van der Waals surface area (Å²) in [7, 11) is 0. The minimum Gasteiger partial charge on any atom is -0.361 e. The third kappa shape index (κ3) is 2.88. The first-order valence-electron chi connectivity index (χ1n) is 10.8. The van der Waals surface area contributed by atoms with Crippen LogP contribution in [0.1, 0.15) is 5.56 Å². The van der Waals surface area contributed by atoms with Crippen molar-refractivity contribution in [2.24, 2.45) is 11.8 Å². The third-order valence-electron chi connectivity index (χ3n) is 6.90. The molecule has 162 valence electrons. The number of halogens is 1. The Kier molecular flexibility index (Phi) is 4.23. The topological polar surface area (TPSA) is 74.4 Å². The summed E-state index contributed by atoms with van der Waals surface area (Å²) in [4.78, 5) is 31.5. The molecule has 2 aromatic carbocycles. The first kappa shape index (κ1) is 19.3. The molecule has 4 atom stereocenters. The lowest BCUT2D eigenvalue weighted by molar-refractivity contribution is -0.135. The van der Waals surface area contributed by atoms with Crippen molar-refractivity contribution in [3.63, 3.8) is 0 Å². The molecule has 1 unspecified atom stereocenters. The van der Waals surface area contributed by atoms with Gasteiger partial charge in [0.05, 0.1) is 24.5 Å². The second kappa shape index (κ2) is 7.03. The minimum absolute atomic E-state index is 0.0592. The van der Waals surface area contributed by atoms with E-state index in [1.807, 2.05) is 36.5 Å². The number of ether oxygens (including phenoxy) is 1. The highest BCUT2D eigenvalue weighted by Gasteiger charge is 2.66. The summed E-state index contributed by atoms with van der Waals surface area (Å²) in [5.74, 6) is -1.99. The van der Waals surface area contributed by atoms with E-state index < -0.39 is 29.4 Å². The summed E-state index contributed by atoms with van der Waals surface area (Å²) in [5, 5.41) is 3.92. The standard InChI is InChI=1S/C25H22FN3O3/c26-16-4-3-5-17(12-16)28-23(30)21-20-8-10-25(32-20)14-29(24(31)22(21)25)11-9-15-13-27-19-7-2-1-6-18(15)19/h1-8,10,12-13,20-22,27H,9,11,14H2,(H,28,30)/t20-,21?,22+,25-/m0/s1. The predicted molar refractivity (Wildman–Crippen MR) is 117 cm³/mol. The summed E-state index contributed by atoms with van der Waals surface area (Å²) in [6, 6.07) is 13.8. The van der Waals surface area contributed by atoms with Crippen LogP contribution in [0.25, 0.3) is 10.9 Å². The summed E-state index contributed by atoms with van der Waals surface area (Å²) in [6.07, 6.45) is 6.09. The van der Waals surface area contributed by atoms with E-state index in [1.54, 1.807) is 11.0 Å². The van der Waals surface area contributed by atoms with Crippen LogP contribution in [0.2, 0.25) is 0 Å². The Morgan fingerprint density at radius 1 is 1.25 bits per heavy atom. The maximum absolute atomic E-state index is 13.5. The summed E-state index contributed by atoms with van der Waals surface area (Å²) in [6.45, 7) is 0.995. The maximum atomic E-state index is 13.5. The largest absolute Gasteiger partial charge is 0.361 e. The van der Waals surface area contributed by atoms with Crippen LogP contribution in [0, 0.1) is 17.7 Å². The molecule has 3 aromatic rings. The van der Waals surface area contributed by atoms with Crippen LogP contribution >= 0.6 is 0 Å². The van der Waals surface area contributed by atoms with E-state index in [1.165, 1.54) is 18.2 Å². The second-order valence-electron chi connectivity index (χ2n) is 8.77. The normalized spacial score (nSPS) is 28.0. The number of benzene rings is 2. The number of para-hydroxylation sites is 1. The molecule has 6 nitrogen and oxygen atoms in total. The van der Waals surface area contributed by atoms with Crippen LogP contribution < -0.4 is 5.32 Å².